The zero-order valence-electron chi connectivity index (χ0n) is 12.8. The molecule has 0 atom stereocenters. The van der Waals surface area contributed by atoms with Gasteiger partial charge in [-0.2, -0.15) is 0 Å². The number of hydrogen-bond acceptors (Lipinski definition) is 5. The van der Waals surface area contributed by atoms with E-state index < -0.39 is 16.4 Å². The van der Waals surface area contributed by atoms with Gasteiger partial charge < -0.3 is 9.84 Å². The summed E-state index contributed by atoms with van der Waals surface area (Å²) in [5.41, 5.74) is 1.73. The van der Waals surface area contributed by atoms with Crippen LogP contribution in [-0.2, 0) is 0 Å². The molecule has 6 nitrogen and oxygen atoms in total. The number of methoxy groups -OCH3 is 1. The summed E-state index contributed by atoms with van der Waals surface area (Å²) in [7, 11) is 1.34. The fraction of sp³-hybridized carbons (Fsp3) is 0.0556. The quantitative estimate of drug-likeness (QED) is 0.579. The fourth-order valence-corrected chi connectivity index (χ4v) is 2.36. The molecule has 0 aliphatic carbocycles. The molecule has 0 bridgehead atoms. The highest BCUT2D eigenvalue weighted by atomic mass is 16.6. The Balaban J connectivity index is 1.98. The zero-order chi connectivity index (χ0) is 17.1. The van der Waals surface area contributed by atoms with Crippen LogP contribution < -0.4 is 4.74 Å². The second-order valence-corrected chi connectivity index (χ2v) is 5.11. The van der Waals surface area contributed by atoms with Crippen LogP contribution in [0.2, 0.25) is 0 Å². The topological polar surface area (TPSA) is 85.5 Å². The van der Waals surface area contributed by atoms with Gasteiger partial charge in [-0.25, -0.2) is 4.98 Å². The summed E-state index contributed by atoms with van der Waals surface area (Å²) in [5, 5.41) is 21.8. The van der Waals surface area contributed by atoms with E-state index in [1.165, 1.54) is 19.2 Å². The Bertz CT molecular complexity index is 951. The molecule has 3 rings (SSSR count). The van der Waals surface area contributed by atoms with Gasteiger partial charge in [-0.3, -0.25) is 10.1 Å². The maximum Gasteiger partial charge on any atom is 0.315 e. The Morgan fingerprint density at radius 2 is 1.96 bits per heavy atom. The molecule has 24 heavy (non-hydrogen) atoms. The van der Waals surface area contributed by atoms with Crippen molar-refractivity contribution in [2.24, 2.45) is 0 Å². The third kappa shape index (κ3) is 3.03. The number of phenols is 1. The minimum atomic E-state index is -0.649. The van der Waals surface area contributed by atoms with Crippen molar-refractivity contribution >= 4 is 28.7 Å². The Hall–Kier alpha value is -3.41. The van der Waals surface area contributed by atoms with Gasteiger partial charge in [0.2, 0.25) is 5.75 Å². The predicted molar refractivity (Wildman–Crippen MR) is 92.0 cm³/mol. The predicted octanol–water partition coefficient (Wildman–Crippen LogP) is 4.03. The van der Waals surface area contributed by atoms with Crippen molar-refractivity contribution in [1.82, 2.24) is 4.98 Å². The normalized spacial score (nSPS) is 11.0. The highest BCUT2D eigenvalue weighted by molar-refractivity contribution is 5.81. The van der Waals surface area contributed by atoms with E-state index in [2.05, 4.69) is 4.98 Å². The van der Waals surface area contributed by atoms with Gasteiger partial charge in [0.25, 0.3) is 0 Å². The van der Waals surface area contributed by atoms with E-state index in [-0.39, 0.29) is 5.75 Å². The molecule has 0 aliphatic heterocycles. The van der Waals surface area contributed by atoms with Crippen LogP contribution in [0.25, 0.3) is 23.1 Å². The number of aromatic nitrogens is 1. The summed E-state index contributed by atoms with van der Waals surface area (Å²) < 4.78 is 4.98. The van der Waals surface area contributed by atoms with Crippen molar-refractivity contribution < 1.29 is 14.8 Å². The largest absolute Gasteiger partial charge is 0.500 e. The number of fused-ring (bicyclic) bond motifs is 1. The molecule has 6 heteroatoms. The number of phenolic OH excluding ortho intramolecular Hbond substituents is 1. The number of para-hydroxylation sites is 1. The molecule has 2 aromatic carbocycles. The van der Waals surface area contributed by atoms with E-state index >= 15 is 0 Å². The van der Waals surface area contributed by atoms with Crippen LogP contribution >= 0.6 is 0 Å². The smallest absolute Gasteiger partial charge is 0.315 e. The van der Waals surface area contributed by atoms with E-state index in [1.54, 1.807) is 12.2 Å². The van der Waals surface area contributed by atoms with Crippen molar-refractivity contribution in [2.45, 2.75) is 0 Å². The summed E-state index contributed by atoms with van der Waals surface area (Å²) in [6.07, 6.45) is 3.44. The molecule has 1 aromatic heterocycles. The van der Waals surface area contributed by atoms with Gasteiger partial charge in [-0.15, -0.1) is 0 Å². The summed E-state index contributed by atoms with van der Waals surface area (Å²) in [6, 6.07) is 14.4. The molecule has 0 amide bonds. The number of benzene rings is 2. The second-order valence-electron chi connectivity index (χ2n) is 5.11. The molecule has 3 aromatic rings. The first-order valence-electron chi connectivity index (χ1n) is 7.18. The van der Waals surface area contributed by atoms with Gasteiger partial charge in [0.1, 0.15) is 0 Å². The number of nitrogens with zero attached hydrogens (tertiary/aromatic N) is 2. The van der Waals surface area contributed by atoms with Gasteiger partial charge in [0.15, 0.2) is 5.75 Å². The van der Waals surface area contributed by atoms with Gasteiger partial charge in [0.05, 0.1) is 23.2 Å². The molecular formula is C18H14N2O4. The lowest BCUT2D eigenvalue weighted by atomic mass is 10.1. The van der Waals surface area contributed by atoms with Gasteiger partial charge in [-0.1, -0.05) is 30.3 Å². The van der Waals surface area contributed by atoms with Crippen molar-refractivity contribution in [1.29, 1.82) is 0 Å². The number of nitro benzene ring substituents is 1. The third-order valence-corrected chi connectivity index (χ3v) is 3.56. The first-order chi connectivity index (χ1) is 11.6. The van der Waals surface area contributed by atoms with Crippen molar-refractivity contribution in [2.75, 3.05) is 7.11 Å². The lowest BCUT2D eigenvalue weighted by molar-refractivity contribution is -0.386. The summed E-state index contributed by atoms with van der Waals surface area (Å²) >= 11 is 0. The fourth-order valence-electron chi connectivity index (χ4n) is 2.36. The van der Waals surface area contributed by atoms with Crippen molar-refractivity contribution in [3.05, 3.63) is 69.9 Å². The molecule has 0 unspecified atom stereocenters. The monoisotopic (exact) mass is 322 g/mol. The van der Waals surface area contributed by atoms with Crippen LogP contribution in [0.3, 0.4) is 0 Å². The van der Waals surface area contributed by atoms with Gasteiger partial charge in [-0.05, 0) is 29.8 Å². The number of ether oxygens (including phenoxy) is 1. The molecule has 0 spiro atoms. The number of rotatable bonds is 4. The summed E-state index contributed by atoms with van der Waals surface area (Å²) in [5.74, 6) is -0.432. The van der Waals surface area contributed by atoms with Crippen LogP contribution in [0.5, 0.6) is 11.5 Å². The molecule has 0 saturated carbocycles. The maximum absolute atomic E-state index is 11.0. The number of aromatic hydroxyl groups is 1. The van der Waals surface area contributed by atoms with Gasteiger partial charge in [0, 0.05) is 11.5 Å². The summed E-state index contributed by atoms with van der Waals surface area (Å²) in [4.78, 5) is 14.9. The van der Waals surface area contributed by atoms with Crippen molar-refractivity contribution in [3.63, 3.8) is 0 Å². The number of pyridine rings is 1. The molecule has 0 radical (unpaired) electrons. The highest BCUT2D eigenvalue weighted by Crippen LogP contribution is 2.37. The van der Waals surface area contributed by atoms with E-state index in [0.29, 0.717) is 5.56 Å². The highest BCUT2D eigenvalue weighted by Gasteiger charge is 2.18. The molecular weight excluding hydrogens is 308 g/mol. The average molecular weight is 322 g/mol. The van der Waals surface area contributed by atoms with Crippen LogP contribution in [0, 0.1) is 10.1 Å². The van der Waals surface area contributed by atoms with Crippen LogP contribution in [-0.4, -0.2) is 22.1 Å². The lowest BCUT2D eigenvalue weighted by Crippen LogP contribution is -1.93. The Labute approximate surface area is 137 Å². The SMILES string of the molecule is COc1cc(/C=C/c2ccc3ccccc3n2)cc([N+](=O)[O-])c1O. The Kier molecular flexibility index (Phi) is 4.11. The van der Waals surface area contributed by atoms with E-state index in [4.69, 9.17) is 4.74 Å². The first-order valence-corrected chi connectivity index (χ1v) is 7.18. The Morgan fingerprint density at radius 3 is 2.71 bits per heavy atom. The van der Waals surface area contributed by atoms with Gasteiger partial charge >= 0.3 is 5.69 Å². The number of hydrogen-bond donors (Lipinski definition) is 1. The molecule has 0 fully saturated rings. The first kappa shape index (κ1) is 15.5. The van der Waals surface area contributed by atoms with E-state index in [1.807, 2.05) is 36.4 Å². The minimum Gasteiger partial charge on any atom is -0.500 e. The average Bonchev–Trinajstić information content (AvgIpc) is 2.60. The molecule has 120 valence electrons. The summed E-state index contributed by atoms with van der Waals surface area (Å²) in [6.45, 7) is 0. The standard InChI is InChI=1S/C18H14N2O4/c1-24-17-11-12(10-16(18(17)21)20(22)23)6-8-14-9-7-13-4-2-3-5-15(13)19-14/h2-11,21H,1H3/b8-6+. The zero-order valence-corrected chi connectivity index (χ0v) is 12.8. The molecule has 0 aliphatic rings. The molecule has 1 N–H and O–H groups in total. The minimum absolute atomic E-state index is 0.0512. The number of nitro groups is 1. The van der Waals surface area contributed by atoms with Crippen LogP contribution in [0.15, 0.2) is 48.5 Å². The van der Waals surface area contributed by atoms with E-state index in [0.717, 1.165) is 16.6 Å². The van der Waals surface area contributed by atoms with Crippen molar-refractivity contribution in [3.8, 4) is 11.5 Å². The Morgan fingerprint density at radius 1 is 1.17 bits per heavy atom. The molecule has 0 saturated heterocycles. The molecule has 1 heterocycles. The van der Waals surface area contributed by atoms with Crippen LogP contribution in [0.4, 0.5) is 5.69 Å². The maximum atomic E-state index is 11.0. The lowest BCUT2D eigenvalue weighted by Gasteiger charge is -2.05. The second kappa shape index (κ2) is 6.37. The van der Waals surface area contributed by atoms with Crippen LogP contribution in [0.1, 0.15) is 11.3 Å². The van der Waals surface area contributed by atoms with E-state index in [9.17, 15) is 15.2 Å². The third-order valence-electron chi connectivity index (χ3n) is 3.56.